The van der Waals surface area contributed by atoms with E-state index in [0.29, 0.717) is 18.5 Å². The second kappa shape index (κ2) is 6.30. The van der Waals surface area contributed by atoms with Crippen molar-refractivity contribution in [3.8, 4) is 0 Å². The molecule has 0 aromatic heterocycles. The van der Waals surface area contributed by atoms with Crippen molar-refractivity contribution in [2.75, 3.05) is 25.0 Å². The van der Waals surface area contributed by atoms with Gasteiger partial charge in [0.05, 0.1) is 10.5 Å². The maximum Gasteiger partial charge on any atom is 0.416 e. The summed E-state index contributed by atoms with van der Waals surface area (Å²) in [7, 11) is 0. The summed E-state index contributed by atoms with van der Waals surface area (Å²) < 4.78 is 37.7. The molecule has 1 fully saturated rings. The molecule has 0 radical (unpaired) electrons. The Balaban J connectivity index is 2.05. The molecule has 1 aliphatic heterocycles. The highest BCUT2D eigenvalue weighted by Crippen LogP contribution is 2.35. The minimum absolute atomic E-state index is 0.124. The number of nitrogens with zero attached hydrogens (tertiary/aromatic N) is 1. The van der Waals surface area contributed by atoms with Crippen molar-refractivity contribution in [3.05, 3.63) is 33.9 Å². The molecule has 5 nitrogen and oxygen atoms in total. The van der Waals surface area contributed by atoms with Crippen LogP contribution in [0.2, 0.25) is 0 Å². The van der Waals surface area contributed by atoms with E-state index in [9.17, 15) is 23.3 Å². The molecule has 2 rings (SSSR count). The van der Waals surface area contributed by atoms with Crippen molar-refractivity contribution >= 4 is 11.4 Å². The second-order valence-corrected chi connectivity index (χ2v) is 5.06. The molecule has 0 aliphatic carbocycles. The normalized spacial score (nSPS) is 18.7. The zero-order valence-electron chi connectivity index (χ0n) is 11.2. The summed E-state index contributed by atoms with van der Waals surface area (Å²) in [4.78, 5) is 10.1. The van der Waals surface area contributed by atoms with Gasteiger partial charge in [-0.05, 0) is 44.0 Å². The zero-order valence-corrected chi connectivity index (χ0v) is 11.2. The monoisotopic (exact) mass is 303 g/mol. The molecule has 8 heteroatoms. The van der Waals surface area contributed by atoms with E-state index < -0.39 is 22.4 Å². The standard InChI is InChI=1S/C13H16F3N3O2/c14-13(15,16)10-1-2-11(12(7-10)19(20)21)18-6-4-9-3-5-17-8-9/h1-2,7,9,17-18H,3-6,8H2. The summed E-state index contributed by atoms with van der Waals surface area (Å²) >= 11 is 0. The third kappa shape index (κ3) is 4.07. The van der Waals surface area contributed by atoms with Gasteiger partial charge in [-0.2, -0.15) is 13.2 Å². The number of hydrogen-bond acceptors (Lipinski definition) is 4. The third-order valence-electron chi connectivity index (χ3n) is 3.55. The van der Waals surface area contributed by atoms with Gasteiger partial charge in [0, 0.05) is 12.6 Å². The molecule has 1 unspecified atom stereocenters. The molecule has 1 aromatic rings. The Labute approximate surface area is 119 Å². The predicted molar refractivity (Wildman–Crippen MR) is 72.2 cm³/mol. The van der Waals surface area contributed by atoms with Crippen LogP contribution in [-0.4, -0.2) is 24.6 Å². The molecular formula is C13H16F3N3O2. The van der Waals surface area contributed by atoms with Gasteiger partial charge in [0.15, 0.2) is 0 Å². The number of rotatable bonds is 5. The number of nitro benzene ring substituents is 1. The largest absolute Gasteiger partial charge is 0.416 e. The average Bonchev–Trinajstić information content (AvgIpc) is 2.90. The first-order valence-corrected chi connectivity index (χ1v) is 6.68. The Morgan fingerprint density at radius 3 is 2.76 bits per heavy atom. The Hall–Kier alpha value is -1.83. The van der Waals surface area contributed by atoms with Crippen LogP contribution in [0.4, 0.5) is 24.5 Å². The summed E-state index contributed by atoms with van der Waals surface area (Å²) in [6, 6.07) is 2.54. The number of halogens is 3. The summed E-state index contributed by atoms with van der Waals surface area (Å²) in [5, 5.41) is 17.0. The van der Waals surface area contributed by atoms with Crippen molar-refractivity contribution in [1.29, 1.82) is 0 Å². The molecule has 0 saturated carbocycles. The van der Waals surface area contributed by atoms with Gasteiger partial charge in [0.1, 0.15) is 5.69 Å². The summed E-state index contributed by atoms with van der Waals surface area (Å²) in [5.41, 5.74) is -1.44. The Bertz CT molecular complexity index is 514. The summed E-state index contributed by atoms with van der Waals surface area (Å²) in [6.07, 6.45) is -2.71. The van der Waals surface area contributed by atoms with E-state index in [1.165, 1.54) is 0 Å². The van der Waals surface area contributed by atoms with Crippen molar-refractivity contribution in [1.82, 2.24) is 5.32 Å². The number of hydrogen-bond donors (Lipinski definition) is 2. The van der Waals surface area contributed by atoms with Crippen LogP contribution in [0, 0.1) is 16.0 Å². The number of nitro groups is 1. The molecule has 21 heavy (non-hydrogen) atoms. The Kier molecular flexibility index (Phi) is 4.66. The lowest BCUT2D eigenvalue weighted by Gasteiger charge is -2.12. The fraction of sp³-hybridized carbons (Fsp3) is 0.538. The molecule has 116 valence electrons. The topological polar surface area (TPSA) is 67.2 Å². The number of alkyl halides is 3. The van der Waals surface area contributed by atoms with Gasteiger partial charge in [-0.25, -0.2) is 0 Å². The van der Waals surface area contributed by atoms with Gasteiger partial charge in [-0.3, -0.25) is 10.1 Å². The first-order chi connectivity index (χ1) is 9.88. The van der Waals surface area contributed by atoms with Gasteiger partial charge >= 0.3 is 6.18 Å². The lowest BCUT2D eigenvalue weighted by Crippen LogP contribution is -2.13. The van der Waals surface area contributed by atoms with Crippen LogP contribution >= 0.6 is 0 Å². The molecule has 1 aromatic carbocycles. The van der Waals surface area contributed by atoms with Crippen molar-refractivity contribution in [2.24, 2.45) is 5.92 Å². The van der Waals surface area contributed by atoms with Crippen LogP contribution in [0.15, 0.2) is 18.2 Å². The SMILES string of the molecule is O=[N+]([O-])c1cc(C(F)(F)F)ccc1NCCC1CCNC1. The number of benzene rings is 1. The van der Waals surface area contributed by atoms with Gasteiger partial charge in [0.25, 0.3) is 5.69 Å². The van der Waals surface area contributed by atoms with Crippen LogP contribution in [0.25, 0.3) is 0 Å². The molecule has 1 saturated heterocycles. The van der Waals surface area contributed by atoms with Gasteiger partial charge < -0.3 is 10.6 Å². The summed E-state index contributed by atoms with van der Waals surface area (Å²) in [5.74, 6) is 0.506. The minimum atomic E-state index is -4.58. The maximum atomic E-state index is 12.6. The second-order valence-electron chi connectivity index (χ2n) is 5.06. The van der Waals surface area contributed by atoms with Crippen LogP contribution in [0.3, 0.4) is 0 Å². The molecule has 2 N–H and O–H groups in total. The molecule has 0 bridgehead atoms. The van der Waals surface area contributed by atoms with Crippen molar-refractivity contribution in [3.63, 3.8) is 0 Å². The van der Waals surface area contributed by atoms with E-state index in [4.69, 9.17) is 0 Å². The van der Waals surface area contributed by atoms with Crippen molar-refractivity contribution < 1.29 is 18.1 Å². The smallest absolute Gasteiger partial charge is 0.379 e. The first-order valence-electron chi connectivity index (χ1n) is 6.68. The lowest BCUT2D eigenvalue weighted by molar-refractivity contribution is -0.384. The number of anilines is 1. The van der Waals surface area contributed by atoms with Crippen molar-refractivity contribution in [2.45, 2.75) is 19.0 Å². The minimum Gasteiger partial charge on any atom is -0.379 e. The highest BCUT2D eigenvalue weighted by molar-refractivity contribution is 5.62. The highest BCUT2D eigenvalue weighted by atomic mass is 19.4. The van der Waals surface area contributed by atoms with Gasteiger partial charge in [-0.15, -0.1) is 0 Å². The Morgan fingerprint density at radius 2 is 2.19 bits per heavy atom. The van der Waals surface area contributed by atoms with Crippen LogP contribution < -0.4 is 10.6 Å². The van der Waals surface area contributed by atoms with E-state index in [2.05, 4.69) is 10.6 Å². The van der Waals surface area contributed by atoms with E-state index in [0.717, 1.165) is 38.1 Å². The lowest BCUT2D eigenvalue weighted by atomic mass is 10.1. The van der Waals surface area contributed by atoms with E-state index >= 15 is 0 Å². The van der Waals surface area contributed by atoms with Crippen LogP contribution in [0.5, 0.6) is 0 Å². The maximum absolute atomic E-state index is 12.6. The zero-order chi connectivity index (χ0) is 15.5. The van der Waals surface area contributed by atoms with Gasteiger partial charge in [-0.1, -0.05) is 0 Å². The first kappa shape index (κ1) is 15.6. The highest BCUT2D eigenvalue weighted by Gasteiger charge is 2.33. The molecule has 1 heterocycles. The molecule has 1 atom stereocenters. The van der Waals surface area contributed by atoms with E-state index in [1.54, 1.807) is 0 Å². The van der Waals surface area contributed by atoms with Crippen LogP contribution in [-0.2, 0) is 6.18 Å². The molecule has 0 spiro atoms. The van der Waals surface area contributed by atoms with Crippen LogP contribution in [0.1, 0.15) is 18.4 Å². The fourth-order valence-corrected chi connectivity index (χ4v) is 2.38. The Morgan fingerprint density at radius 1 is 1.43 bits per heavy atom. The number of nitrogens with one attached hydrogen (secondary N) is 2. The van der Waals surface area contributed by atoms with Gasteiger partial charge in [0.2, 0.25) is 0 Å². The fourth-order valence-electron chi connectivity index (χ4n) is 2.38. The molecule has 0 amide bonds. The van der Waals surface area contributed by atoms with E-state index in [-0.39, 0.29) is 5.69 Å². The third-order valence-corrected chi connectivity index (χ3v) is 3.55. The quantitative estimate of drug-likeness (QED) is 0.648. The molecular weight excluding hydrogens is 287 g/mol. The molecule has 1 aliphatic rings. The van der Waals surface area contributed by atoms with E-state index in [1.807, 2.05) is 0 Å². The predicted octanol–water partition coefficient (Wildman–Crippen LogP) is 3.03. The average molecular weight is 303 g/mol. The summed E-state index contributed by atoms with van der Waals surface area (Å²) in [6.45, 7) is 2.38.